The monoisotopic (exact) mass is 311 g/mol. The fourth-order valence-electron chi connectivity index (χ4n) is 1.52. The predicted molar refractivity (Wildman–Crippen MR) is 77.3 cm³/mol. The lowest BCUT2D eigenvalue weighted by Crippen LogP contribution is -1.91. The van der Waals surface area contributed by atoms with Crippen molar-refractivity contribution in [2.45, 2.75) is 5.88 Å². The average molecular weight is 313 g/mol. The van der Waals surface area contributed by atoms with Gasteiger partial charge >= 0.3 is 0 Å². The second-order valence-electron chi connectivity index (χ2n) is 3.73. The second-order valence-corrected chi connectivity index (χ2v) is 4.78. The molecule has 0 atom stereocenters. The Kier molecular flexibility index (Phi) is 4.55. The third kappa shape index (κ3) is 3.13. The molecular formula is C14H8Cl3NO. The molecule has 19 heavy (non-hydrogen) atoms. The first-order chi connectivity index (χ1) is 9.15. The quantitative estimate of drug-likeness (QED) is 0.711. The molecule has 0 spiro atoms. The topological polar surface area (TPSA) is 33.0 Å². The van der Waals surface area contributed by atoms with Gasteiger partial charge in [-0.25, -0.2) is 0 Å². The normalized spacial score (nSPS) is 10.0. The zero-order chi connectivity index (χ0) is 13.8. The van der Waals surface area contributed by atoms with Crippen LogP contribution in [-0.4, -0.2) is 0 Å². The Morgan fingerprint density at radius 2 is 1.89 bits per heavy atom. The summed E-state index contributed by atoms with van der Waals surface area (Å²) in [6, 6.07) is 12.3. The van der Waals surface area contributed by atoms with Gasteiger partial charge in [0.25, 0.3) is 0 Å². The molecular weight excluding hydrogens is 305 g/mol. The average Bonchev–Trinajstić information content (AvgIpc) is 2.44. The van der Waals surface area contributed by atoms with Crippen LogP contribution in [0.1, 0.15) is 11.1 Å². The first kappa shape index (κ1) is 14.0. The Morgan fingerprint density at radius 1 is 1.11 bits per heavy atom. The van der Waals surface area contributed by atoms with E-state index in [0.29, 0.717) is 33.0 Å². The van der Waals surface area contributed by atoms with E-state index in [1.807, 2.05) is 0 Å². The van der Waals surface area contributed by atoms with Crippen LogP contribution in [0.4, 0.5) is 0 Å². The Balaban J connectivity index is 2.39. The number of benzene rings is 2. The Morgan fingerprint density at radius 3 is 2.58 bits per heavy atom. The number of halogens is 3. The molecule has 5 heteroatoms. The molecule has 0 N–H and O–H groups in total. The summed E-state index contributed by atoms with van der Waals surface area (Å²) in [5.74, 6) is 1.16. The number of nitrogens with zero attached hydrogens (tertiary/aromatic N) is 1. The molecule has 0 amide bonds. The van der Waals surface area contributed by atoms with Crippen molar-refractivity contribution in [1.29, 1.82) is 5.26 Å². The summed E-state index contributed by atoms with van der Waals surface area (Å²) in [7, 11) is 0. The largest absolute Gasteiger partial charge is 0.454 e. The highest BCUT2D eigenvalue weighted by Crippen LogP contribution is 2.35. The van der Waals surface area contributed by atoms with Gasteiger partial charge in [-0.2, -0.15) is 5.26 Å². The second kappa shape index (κ2) is 6.16. The van der Waals surface area contributed by atoms with Gasteiger partial charge in [-0.3, -0.25) is 0 Å². The number of nitriles is 1. The first-order valence-corrected chi connectivity index (χ1v) is 6.65. The first-order valence-electron chi connectivity index (χ1n) is 5.36. The molecule has 2 aromatic carbocycles. The summed E-state index contributed by atoms with van der Waals surface area (Å²) in [5, 5.41) is 9.82. The molecule has 0 fully saturated rings. The Labute approximate surface area is 126 Å². The molecule has 0 aliphatic rings. The molecule has 0 radical (unpaired) electrons. The molecule has 2 nitrogen and oxygen atoms in total. The van der Waals surface area contributed by atoms with Crippen LogP contribution in [0.5, 0.6) is 11.5 Å². The summed E-state index contributed by atoms with van der Waals surface area (Å²) >= 11 is 17.7. The van der Waals surface area contributed by atoms with Gasteiger partial charge in [0.05, 0.1) is 10.6 Å². The van der Waals surface area contributed by atoms with E-state index in [1.54, 1.807) is 36.4 Å². The van der Waals surface area contributed by atoms with Crippen LogP contribution in [0.3, 0.4) is 0 Å². The number of hydrogen-bond donors (Lipinski definition) is 0. The third-order valence-electron chi connectivity index (χ3n) is 2.45. The maximum Gasteiger partial charge on any atom is 0.147 e. The highest BCUT2D eigenvalue weighted by atomic mass is 35.5. The van der Waals surface area contributed by atoms with Crippen molar-refractivity contribution in [2.24, 2.45) is 0 Å². The van der Waals surface area contributed by atoms with Crippen LogP contribution in [0, 0.1) is 11.3 Å². The molecule has 96 valence electrons. The van der Waals surface area contributed by atoms with Crippen molar-refractivity contribution in [1.82, 2.24) is 0 Å². The van der Waals surface area contributed by atoms with E-state index in [0.717, 1.165) is 5.56 Å². The van der Waals surface area contributed by atoms with E-state index in [2.05, 4.69) is 6.07 Å². The maximum absolute atomic E-state index is 9.11. The van der Waals surface area contributed by atoms with Crippen molar-refractivity contribution in [2.75, 3.05) is 0 Å². The zero-order valence-electron chi connectivity index (χ0n) is 9.66. The minimum absolute atomic E-state index is 0.314. The summed E-state index contributed by atoms with van der Waals surface area (Å²) in [5.41, 5.74) is 1.25. The van der Waals surface area contributed by atoms with Crippen molar-refractivity contribution < 1.29 is 4.74 Å². The smallest absolute Gasteiger partial charge is 0.147 e. The predicted octanol–water partition coefficient (Wildman–Crippen LogP) is 5.40. The zero-order valence-corrected chi connectivity index (χ0v) is 11.9. The summed E-state index contributed by atoms with van der Waals surface area (Å²) in [6.45, 7) is 0. The summed E-state index contributed by atoms with van der Waals surface area (Å²) in [4.78, 5) is 0. The van der Waals surface area contributed by atoms with E-state index < -0.39 is 0 Å². The van der Waals surface area contributed by atoms with Crippen molar-refractivity contribution in [3.63, 3.8) is 0 Å². The van der Waals surface area contributed by atoms with Crippen LogP contribution in [-0.2, 0) is 5.88 Å². The molecule has 0 aliphatic heterocycles. The molecule has 0 saturated carbocycles. The van der Waals surface area contributed by atoms with Crippen LogP contribution >= 0.6 is 34.8 Å². The van der Waals surface area contributed by atoms with E-state index in [-0.39, 0.29) is 0 Å². The van der Waals surface area contributed by atoms with Gasteiger partial charge in [-0.05, 0) is 29.8 Å². The van der Waals surface area contributed by atoms with Gasteiger partial charge in [0.2, 0.25) is 0 Å². The highest BCUT2D eigenvalue weighted by Gasteiger charge is 2.10. The van der Waals surface area contributed by atoms with Crippen molar-refractivity contribution in [3.05, 3.63) is 57.6 Å². The van der Waals surface area contributed by atoms with E-state index in [1.165, 1.54) is 0 Å². The van der Waals surface area contributed by atoms with Gasteiger partial charge in [-0.1, -0.05) is 35.3 Å². The van der Waals surface area contributed by atoms with Crippen LogP contribution in [0.15, 0.2) is 36.4 Å². The molecule has 2 aromatic rings. The van der Waals surface area contributed by atoms with E-state index >= 15 is 0 Å². The van der Waals surface area contributed by atoms with Crippen molar-refractivity contribution >= 4 is 34.8 Å². The SMILES string of the molecule is N#Cc1cc(CCl)ccc1Oc1cccc(Cl)c1Cl. The molecule has 0 saturated heterocycles. The molecule has 0 unspecified atom stereocenters. The van der Waals surface area contributed by atoms with Gasteiger partial charge in [-0.15, -0.1) is 11.6 Å². The fourth-order valence-corrected chi connectivity index (χ4v) is 2.01. The third-order valence-corrected chi connectivity index (χ3v) is 3.56. The van der Waals surface area contributed by atoms with Crippen molar-refractivity contribution in [3.8, 4) is 17.6 Å². The number of ether oxygens (including phenoxy) is 1. The number of hydrogen-bond acceptors (Lipinski definition) is 2. The molecule has 0 aliphatic carbocycles. The van der Waals surface area contributed by atoms with Crippen LogP contribution in [0.2, 0.25) is 10.0 Å². The standard InChI is InChI=1S/C14H8Cl3NO/c15-7-9-4-5-12(10(6-9)8-18)19-13-3-1-2-11(16)14(13)17/h1-6H,7H2. The van der Waals surface area contributed by atoms with Gasteiger partial charge < -0.3 is 4.74 Å². The minimum atomic E-state index is 0.314. The lowest BCUT2D eigenvalue weighted by atomic mass is 10.1. The summed E-state index contributed by atoms with van der Waals surface area (Å²) in [6.07, 6.45) is 0. The molecule has 0 aromatic heterocycles. The highest BCUT2D eigenvalue weighted by molar-refractivity contribution is 6.42. The Hall–Kier alpha value is -1.40. The number of rotatable bonds is 3. The van der Waals surface area contributed by atoms with Gasteiger partial charge in [0.1, 0.15) is 22.6 Å². The Bertz CT molecular complexity index is 650. The lowest BCUT2D eigenvalue weighted by Gasteiger charge is -2.10. The number of alkyl halides is 1. The fraction of sp³-hybridized carbons (Fsp3) is 0.0714. The molecule has 0 heterocycles. The van der Waals surface area contributed by atoms with E-state index in [4.69, 9.17) is 44.8 Å². The van der Waals surface area contributed by atoms with Gasteiger partial charge in [0.15, 0.2) is 0 Å². The molecule has 2 rings (SSSR count). The lowest BCUT2D eigenvalue weighted by molar-refractivity contribution is 0.481. The van der Waals surface area contributed by atoms with Crippen LogP contribution in [0.25, 0.3) is 0 Å². The minimum Gasteiger partial charge on any atom is -0.454 e. The maximum atomic E-state index is 9.11. The van der Waals surface area contributed by atoms with E-state index in [9.17, 15) is 0 Å². The van der Waals surface area contributed by atoms with Crippen LogP contribution < -0.4 is 4.74 Å². The molecule has 0 bridgehead atoms. The summed E-state index contributed by atoms with van der Waals surface area (Å²) < 4.78 is 5.63. The van der Waals surface area contributed by atoms with Gasteiger partial charge in [0, 0.05) is 5.88 Å².